The van der Waals surface area contributed by atoms with E-state index in [9.17, 15) is 4.39 Å². The molecule has 1 nitrogen and oxygen atoms in total. The molecular formula is C13H14FNS. The Labute approximate surface area is 98.9 Å². The molecule has 0 unspecified atom stereocenters. The standard InChI is InChI=1S/C13H14FNS/c1-10-9-11(14)4-5-13(10)15-7-6-12-3-2-8-16-12/h2-5,8-9,15H,6-7H2,1H3. The van der Waals surface area contributed by atoms with Gasteiger partial charge in [-0.05, 0) is 48.6 Å². The number of aryl methyl sites for hydroxylation is 1. The molecule has 0 aliphatic rings. The first-order valence-electron chi connectivity index (χ1n) is 5.28. The summed E-state index contributed by atoms with van der Waals surface area (Å²) < 4.78 is 12.9. The molecule has 1 N–H and O–H groups in total. The Hall–Kier alpha value is -1.35. The second-order valence-corrected chi connectivity index (χ2v) is 4.75. The Morgan fingerprint density at radius 3 is 2.88 bits per heavy atom. The van der Waals surface area contributed by atoms with Gasteiger partial charge in [0.1, 0.15) is 5.82 Å². The van der Waals surface area contributed by atoms with E-state index in [1.54, 1.807) is 23.5 Å². The molecule has 0 fully saturated rings. The number of hydrogen-bond donors (Lipinski definition) is 1. The molecule has 0 bridgehead atoms. The molecule has 2 rings (SSSR count). The maximum Gasteiger partial charge on any atom is 0.123 e. The van der Waals surface area contributed by atoms with Crippen molar-refractivity contribution in [3.63, 3.8) is 0 Å². The molecule has 0 saturated carbocycles. The minimum atomic E-state index is -0.179. The zero-order valence-corrected chi connectivity index (χ0v) is 9.98. The van der Waals surface area contributed by atoms with Crippen LogP contribution in [0.5, 0.6) is 0 Å². The third-order valence-corrected chi connectivity index (χ3v) is 3.39. The fourth-order valence-corrected chi connectivity index (χ4v) is 2.31. The Bertz CT molecular complexity index is 451. The van der Waals surface area contributed by atoms with Gasteiger partial charge in [0.25, 0.3) is 0 Å². The van der Waals surface area contributed by atoms with Crippen molar-refractivity contribution in [2.75, 3.05) is 11.9 Å². The number of halogens is 1. The van der Waals surface area contributed by atoms with Gasteiger partial charge in [-0.15, -0.1) is 11.3 Å². The summed E-state index contributed by atoms with van der Waals surface area (Å²) in [6.07, 6.45) is 1.01. The third-order valence-electron chi connectivity index (χ3n) is 2.46. The Morgan fingerprint density at radius 2 is 2.19 bits per heavy atom. The molecule has 1 aromatic carbocycles. The first-order valence-corrected chi connectivity index (χ1v) is 6.16. The van der Waals surface area contributed by atoms with Crippen LogP contribution in [0.2, 0.25) is 0 Å². The van der Waals surface area contributed by atoms with Gasteiger partial charge in [-0.1, -0.05) is 6.07 Å². The van der Waals surface area contributed by atoms with Crippen molar-refractivity contribution in [1.29, 1.82) is 0 Å². The largest absolute Gasteiger partial charge is 0.384 e. The summed E-state index contributed by atoms with van der Waals surface area (Å²) in [6.45, 7) is 2.80. The van der Waals surface area contributed by atoms with Crippen LogP contribution in [0.4, 0.5) is 10.1 Å². The quantitative estimate of drug-likeness (QED) is 0.848. The number of nitrogens with one attached hydrogen (secondary N) is 1. The van der Waals surface area contributed by atoms with Crippen molar-refractivity contribution in [3.05, 3.63) is 52.0 Å². The predicted octanol–water partition coefficient (Wildman–Crippen LogP) is 3.85. The normalized spacial score (nSPS) is 10.4. The van der Waals surface area contributed by atoms with Gasteiger partial charge in [0.2, 0.25) is 0 Å². The van der Waals surface area contributed by atoms with Crippen LogP contribution in [0, 0.1) is 12.7 Å². The monoisotopic (exact) mass is 235 g/mol. The summed E-state index contributed by atoms with van der Waals surface area (Å²) in [5.41, 5.74) is 1.96. The highest BCUT2D eigenvalue weighted by molar-refractivity contribution is 7.09. The molecule has 0 aliphatic carbocycles. The van der Waals surface area contributed by atoms with Crippen LogP contribution < -0.4 is 5.32 Å². The van der Waals surface area contributed by atoms with Gasteiger partial charge >= 0.3 is 0 Å². The van der Waals surface area contributed by atoms with Crippen LogP contribution in [0.1, 0.15) is 10.4 Å². The van der Waals surface area contributed by atoms with Crippen LogP contribution in [0.3, 0.4) is 0 Å². The highest BCUT2D eigenvalue weighted by Gasteiger charge is 1.99. The molecule has 1 aromatic heterocycles. The van der Waals surface area contributed by atoms with Crippen molar-refractivity contribution >= 4 is 17.0 Å². The van der Waals surface area contributed by atoms with Crippen molar-refractivity contribution < 1.29 is 4.39 Å². The molecule has 3 heteroatoms. The molecule has 0 aliphatic heterocycles. The highest BCUT2D eigenvalue weighted by atomic mass is 32.1. The fourth-order valence-electron chi connectivity index (χ4n) is 1.60. The van der Waals surface area contributed by atoms with E-state index in [1.807, 2.05) is 6.92 Å². The first kappa shape index (κ1) is 11.1. The summed E-state index contributed by atoms with van der Waals surface area (Å²) >= 11 is 1.76. The van der Waals surface area contributed by atoms with Crippen molar-refractivity contribution in [1.82, 2.24) is 0 Å². The van der Waals surface area contributed by atoms with Crippen molar-refractivity contribution in [2.24, 2.45) is 0 Å². The molecule has 1 heterocycles. The minimum Gasteiger partial charge on any atom is -0.384 e. The van der Waals surface area contributed by atoms with Crippen molar-refractivity contribution in [2.45, 2.75) is 13.3 Å². The lowest BCUT2D eigenvalue weighted by Crippen LogP contribution is -2.05. The van der Waals surface area contributed by atoms with Gasteiger partial charge < -0.3 is 5.32 Å². The summed E-state index contributed by atoms with van der Waals surface area (Å²) in [4.78, 5) is 1.37. The average Bonchev–Trinajstić information content (AvgIpc) is 2.74. The third kappa shape index (κ3) is 2.83. The van der Waals surface area contributed by atoms with E-state index < -0.39 is 0 Å². The van der Waals surface area contributed by atoms with E-state index in [2.05, 4.69) is 22.8 Å². The summed E-state index contributed by atoms with van der Waals surface area (Å²) in [6, 6.07) is 9.01. The topological polar surface area (TPSA) is 12.0 Å². The number of thiophene rings is 1. The maximum atomic E-state index is 12.9. The molecule has 2 aromatic rings. The lowest BCUT2D eigenvalue weighted by atomic mass is 10.2. The SMILES string of the molecule is Cc1cc(F)ccc1NCCc1cccs1. The predicted molar refractivity (Wildman–Crippen MR) is 67.6 cm³/mol. The number of anilines is 1. The van der Waals surface area contributed by atoms with E-state index in [4.69, 9.17) is 0 Å². The molecule has 84 valence electrons. The molecular weight excluding hydrogens is 221 g/mol. The zero-order chi connectivity index (χ0) is 11.4. The first-order chi connectivity index (χ1) is 7.75. The van der Waals surface area contributed by atoms with Gasteiger partial charge in [0.15, 0.2) is 0 Å². The Morgan fingerprint density at radius 1 is 1.31 bits per heavy atom. The Balaban J connectivity index is 1.90. The average molecular weight is 235 g/mol. The van der Waals surface area contributed by atoms with Gasteiger partial charge in [0.05, 0.1) is 0 Å². The van der Waals surface area contributed by atoms with Crippen LogP contribution in [0.15, 0.2) is 35.7 Å². The molecule has 0 saturated heterocycles. The van der Waals surface area contributed by atoms with Gasteiger partial charge in [0, 0.05) is 17.1 Å². The molecule has 16 heavy (non-hydrogen) atoms. The number of rotatable bonds is 4. The summed E-state index contributed by atoms with van der Waals surface area (Å²) in [5.74, 6) is -0.179. The van der Waals surface area contributed by atoms with E-state index in [1.165, 1.54) is 10.9 Å². The molecule has 0 radical (unpaired) electrons. The molecule has 0 amide bonds. The van der Waals surface area contributed by atoms with Crippen LogP contribution in [0.25, 0.3) is 0 Å². The van der Waals surface area contributed by atoms with Gasteiger partial charge in [-0.25, -0.2) is 4.39 Å². The molecule has 0 spiro atoms. The van der Waals surface area contributed by atoms with Crippen LogP contribution >= 0.6 is 11.3 Å². The summed E-state index contributed by atoms with van der Waals surface area (Å²) in [5, 5.41) is 5.40. The van der Waals surface area contributed by atoms with E-state index in [0.29, 0.717) is 0 Å². The maximum absolute atomic E-state index is 12.9. The van der Waals surface area contributed by atoms with Crippen LogP contribution in [-0.2, 0) is 6.42 Å². The molecule has 0 atom stereocenters. The van der Waals surface area contributed by atoms with E-state index in [-0.39, 0.29) is 5.82 Å². The smallest absolute Gasteiger partial charge is 0.123 e. The van der Waals surface area contributed by atoms with Crippen molar-refractivity contribution in [3.8, 4) is 0 Å². The fraction of sp³-hybridized carbons (Fsp3) is 0.231. The zero-order valence-electron chi connectivity index (χ0n) is 9.16. The second kappa shape index (κ2) is 5.12. The van der Waals surface area contributed by atoms with Gasteiger partial charge in [-0.3, -0.25) is 0 Å². The van der Waals surface area contributed by atoms with Gasteiger partial charge in [-0.2, -0.15) is 0 Å². The second-order valence-electron chi connectivity index (χ2n) is 3.72. The summed E-state index contributed by atoms with van der Waals surface area (Å²) in [7, 11) is 0. The van der Waals surface area contributed by atoms with E-state index in [0.717, 1.165) is 24.2 Å². The van der Waals surface area contributed by atoms with Crippen LogP contribution in [-0.4, -0.2) is 6.54 Å². The lowest BCUT2D eigenvalue weighted by Gasteiger charge is -2.08. The van der Waals surface area contributed by atoms with E-state index >= 15 is 0 Å². The minimum absolute atomic E-state index is 0.179. The number of benzene rings is 1. The number of hydrogen-bond acceptors (Lipinski definition) is 2. The Kier molecular flexibility index (Phi) is 3.57. The highest BCUT2D eigenvalue weighted by Crippen LogP contribution is 2.16. The lowest BCUT2D eigenvalue weighted by molar-refractivity contribution is 0.627.